The Bertz CT molecular complexity index is 842. The van der Waals surface area contributed by atoms with Gasteiger partial charge in [0.25, 0.3) is 0 Å². The molecule has 5 heteroatoms. The van der Waals surface area contributed by atoms with Crippen molar-refractivity contribution in [3.05, 3.63) is 59.2 Å². The molecule has 0 radical (unpaired) electrons. The molecule has 2 aromatic carbocycles. The van der Waals surface area contributed by atoms with Crippen LogP contribution < -0.4 is 10.6 Å². The number of anilines is 1. The summed E-state index contributed by atoms with van der Waals surface area (Å²) in [5, 5.41) is 6.36. The third-order valence-corrected chi connectivity index (χ3v) is 5.01. The molecule has 2 N–H and O–H groups in total. The fourth-order valence-electron chi connectivity index (χ4n) is 2.56. The van der Waals surface area contributed by atoms with Crippen molar-refractivity contribution in [3.8, 4) is 0 Å². The Hall–Kier alpha value is -2.40. The molecule has 4 nitrogen and oxygen atoms in total. The number of urea groups is 1. The second-order valence-corrected chi connectivity index (χ2v) is 6.87. The number of carbonyl (C=O) groups excluding carboxylic acids is 1. The van der Waals surface area contributed by atoms with Crippen LogP contribution in [0.1, 0.15) is 23.1 Å². The number of rotatable bonds is 5. The molecule has 2 amide bonds. The van der Waals surface area contributed by atoms with Crippen LogP contribution in [-0.2, 0) is 6.42 Å². The largest absolute Gasteiger partial charge is 0.338 e. The molecule has 0 saturated heterocycles. The van der Waals surface area contributed by atoms with Crippen molar-refractivity contribution in [2.45, 2.75) is 26.7 Å². The zero-order valence-corrected chi connectivity index (χ0v) is 14.7. The van der Waals surface area contributed by atoms with Gasteiger partial charge in [0.1, 0.15) is 0 Å². The summed E-state index contributed by atoms with van der Waals surface area (Å²) in [5.41, 5.74) is 4.64. The van der Waals surface area contributed by atoms with E-state index in [0.717, 1.165) is 23.1 Å². The van der Waals surface area contributed by atoms with Gasteiger partial charge < -0.3 is 5.32 Å². The lowest BCUT2D eigenvalue weighted by atomic mass is 10.1. The number of hydrogen-bond acceptors (Lipinski definition) is 3. The van der Waals surface area contributed by atoms with E-state index in [9.17, 15) is 4.79 Å². The third-order valence-electron chi connectivity index (χ3n) is 4.08. The second kappa shape index (κ2) is 7.45. The van der Waals surface area contributed by atoms with Crippen LogP contribution in [0.5, 0.6) is 0 Å². The predicted molar refractivity (Wildman–Crippen MR) is 101 cm³/mol. The molecule has 1 heterocycles. The first-order chi connectivity index (χ1) is 11.6. The number of nitrogens with one attached hydrogen (secondary N) is 2. The lowest BCUT2D eigenvalue weighted by Gasteiger charge is -2.05. The van der Waals surface area contributed by atoms with E-state index in [4.69, 9.17) is 0 Å². The van der Waals surface area contributed by atoms with Gasteiger partial charge in [-0.1, -0.05) is 47.7 Å². The van der Waals surface area contributed by atoms with Crippen molar-refractivity contribution < 1.29 is 4.79 Å². The van der Waals surface area contributed by atoms with Crippen LogP contribution in [0.4, 0.5) is 9.93 Å². The van der Waals surface area contributed by atoms with Crippen molar-refractivity contribution in [1.82, 2.24) is 10.3 Å². The molecule has 3 rings (SSSR count). The highest BCUT2D eigenvalue weighted by molar-refractivity contribution is 7.22. The van der Waals surface area contributed by atoms with Crippen LogP contribution in [-0.4, -0.2) is 17.6 Å². The number of fused-ring (bicyclic) bond motifs is 1. The minimum absolute atomic E-state index is 0.198. The Balaban J connectivity index is 1.51. The zero-order valence-electron chi connectivity index (χ0n) is 13.9. The van der Waals surface area contributed by atoms with Crippen LogP contribution in [0.25, 0.3) is 10.2 Å². The number of aromatic nitrogens is 1. The van der Waals surface area contributed by atoms with Gasteiger partial charge in [0.2, 0.25) is 0 Å². The van der Waals surface area contributed by atoms with Gasteiger partial charge in [0, 0.05) is 6.54 Å². The van der Waals surface area contributed by atoms with E-state index in [1.165, 1.54) is 28.0 Å². The molecule has 0 atom stereocenters. The van der Waals surface area contributed by atoms with Gasteiger partial charge in [0.15, 0.2) is 5.13 Å². The molecule has 0 unspecified atom stereocenters. The van der Waals surface area contributed by atoms with E-state index in [0.29, 0.717) is 11.7 Å². The van der Waals surface area contributed by atoms with Crippen molar-refractivity contribution in [2.24, 2.45) is 0 Å². The molecule has 0 fully saturated rings. The van der Waals surface area contributed by atoms with E-state index in [1.807, 2.05) is 18.2 Å². The first kappa shape index (κ1) is 16.5. The quantitative estimate of drug-likeness (QED) is 0.664. The van der Waals surface area contributed by atoms with Gasteiger partial charge in [0.05, 0.1) is 10.2 Å². The lowest BCUT2D eigenvalue weighted by Crippen LogP contribution is -2.29. The number of aryl methyl sites for hydroxylation is 3. The minimum Gasteiger partial charge on any atom is -0.338 e. The summed E-state index contributed by atoms with van der Waals surface area (Å²) >= 11 is 1.50. The Morgan fingerprint density at radius 3 is 2.71 bits per heavy atom. The Labute approximate surface area is 145 Å². The standard InChI is InChI=1S/C19H21N3OS/c1-13-10-11-16-17(14(13)2)21-19(24-16)22-18(23)20-12-6-9-15-7-4-3-5-8-15/h3-5,7-8,10-11H,6,9,12H2,1-2H3,(H2,20,21,22,23). The second-order valence-electron chi connectivity index (χ2n) is 5.84. The van der Waals surface area contributed by atoms with Crippen molar-refractivity contribution in [2.75, 3.05) is 11.9 Å². The smallest absolute Gasteiger partial charge is 0.321 e. The number of amides is 2. The fraction of sp³-hybridized carbons (Fsp3) is 0.263. The zero-order chi connectivity index (χ0) is 16.9. The monoisotopic (exact) mass is 339 g/mol. The Morgan fingerprint density at radius 2 is 1.92 bits per heavy atom. The van der Waals surface area contributed by atoms with Crippen LogP contribution in [0, 0.1) is 13.8 Å². The summed E-state index contributed by atoms with van der Waals surface area (Å²) in [7, 11) is 0. The van der Waals surface area contributed by atoms with Crippen LogP contribution >= 0.6 is 11.3 Å². The highest BCUT2D eigenvalue weighted by atomic mass is 32.1. The number of nitrogens with zero attached hydrogens (tertiary/aromatic N) is 1. The van der Waals surface area contributed by atoms with Gasteiger partial charge >= 0.3 is 6.03 Å². The molecule has 24 heavy (non-hydrogen) atoms. The number of thiazole rings is 1. The van der Waals surface area contributed by atoms with Gasteiger partial charge in [-0.25, -0.2) is 9.78 Å². The molecule has 0 aliphatic heterocycles. The van der Waals surface area contributed by atoms with E-state index >= 15 is 0 Å². The summed E-state index contributed by atoms with van der Waals surface area (Å²) in [5.74, 6) is 0. The maximum absolute atomic E-state index is 12.0. The summed E-state index contributed by atoms with van der Waals surface area (Å²) in [6.45, 7) is 4.77. The molecule has 124 valence electrons. The van der Waals surface area contributed by atoms with Crippen molar-refractivity contribution in [3.63, 3.8) is 0 Å². The van der Waals surface area contributed by atoms with E-state index in [2.05, 4.69) is 53.7 Å². The van der Waals surface area contributed by atoms with Crippen LogP contribution in [0.15, 0.2) is 42.5 Å². The normalized spacial score (nSPS) is 10.8. The van der Waals surface area contributed by atoms with Crippen molar-refractivity contribution >= 4 is 32.7 Å². The number of carbonyl (C=O) groups is 1. The summed E-state index contributed by atoms with van der Waals surface area (Å²) < 4.78 is 1.09. The van der Waals surface area contributed by atoms with E-state index in [1.54, 1.807) is 0 Å². The number of benzene rings is 2. The molecule has 3 aromatic rings. The summed E-state index contributed by atoms with van der Waals surface area (Å²) in [6.07, 6.45) is 1.87. The molecule has 0 saturated carbocycles. The first-order valence-electron chi connectivity index (χ1n) is 8.09. The molecular formula is C19H21N3OS. The Kier molecular flexibility index (Phi) is 5.11. The molecule has 1 aromatic heterocycles. The SMILES string of the molecule is Cc1ccc2sc(NC(=O)NCCCc3ccccc3)nc2c1C. The minimum atomic E-state index is -0.198. The van der Waals surface area contributed by atoms with Crippen molar-refractivity contribution in [1.29, 1.82) is 0 Å². The predicted octanol–water partition coefficient (Wildman–Crippen LogP) is 4.67. The van der Waals surface area contributed by atoms with Gasteiger partial charge in [-0.15, -0.1) is 0 Å². The van der Waals surface area contributed by atoms with Gasteiger partial charge in [-0.3, -0.25) is 5.32 Å². The van der Waals surface area contributed by atoms with Crippen LogP contribution in [0.2, 0.25) is 0 Å². The van der Waals surface area contributed by atoms with E-state index < -0.39 is 0 Å². The third kappa shape index (κ3) is 3.92. The first-order valence-corrected chi connectivity index (χ1v) is 8.90. The molecule has 0 aliphatic rings. The summed E-state index contributed by atoms with van der Waals surface area (Å²) in [4.78, 5) is 16.5. The van der Waals surface area contributed by atoms with E-state index in [-0.39, 0.29) is 6.03 Å². The average molecular weight is 339 g/mol. The highest BCUT2D eigenvalue weighted by Crippen LogP contribution is 2.29. The highest BCUT2D eigenvalue weighted by Gasteiger charge is 2.10. The maximum atomic E-state index is 12.0. The number of hydrogen-bond donors (Lipinski definition) is 2. The molecule has 0 aliphatic carbocycles. The maximum Gasteiger partial charge on any atom is 0.321 e. The molecule has 0 spiro atoms. The van der Waals surface area contributed by atoms with Gasteiger partial charge in [-0.05, 0) is 49.4 Å². The van der Waals surface area contributed by atoms with Crippen LogP contribution in [0.3, 0.4) is 0 Å². The fourth-order valence-corrected chi connectivity index (χ4v) is 3.48. The summed E-state index contributed by atoms with van der Waals surface area (Å²) in [6, 6.07) is 14.2. The topological polar surface area (TPSA) is 54.0 Å². The molecular weight excluding hydrogens is 318 g/mol. The van der Waals surface area contributed by atoms with Gasteiger partial charge in [-0.2, -0.15) is 0 Å². The molecule has 0 bridgehead atoms. The average Bonchev–Trinajstić information content (AvgIpc) is 2.99. The lowest BCUT2D eigenvalue weighted by molar-refractivity contribution is 0.252. The Morgan fingerprint density at radius 1 is 1.12 bits per heavy atom.